The molecule has 0 aromatic carbocycles. The normalized spacial score (nSPS) is 29.7. The molecule has 5 heteroatoms. The van der Waals surface area contributed by atoms with Crippen molar-refractivity contribution in [3.8, 4) is 0 Å². The third-order valence-corrected chi connectivity index (χ3v) is 6.31. The Morgan fingerprint density at radius 3 is 2.83 bits per heavy atom. The molecule has 1 saturated heterocycles. The average molecular weight is 341 g/mol. The fraction of sp³-hybridized carbons (Fsp3) is 0.944. The van der Waals surface area contributed by atoms with Gasteiger partial charge in [-0.2, -0.15) is 11.8 Å². The van der Waals surface area contributed by atoms with Crippen LogP contribution in [-0.2, 0) is 0 Å². The predicted molar refractivity (Wildman–Crippen MR) is 104 cm³/mol. The molecule has 2 fully saturated rings. The number of piperidine rings is 1. The van der Waals surface area contributed by atoms with Crippen molar-refractivity contribution in [1.82, 2.24) is 15.5 Å². The molecular weight excluding hydrogens is 304 g/mol. The number of guanidine groups is 1. The molecule has 1 heterocycles. The van der Waals surface area contributed by atoms with Crippen molar-refractivity contribution in [3.63, 3.8) is 0 Å². The van der Waals surface area contributed by atoms with Gasteiger partial charge in [0.05, 0.1) is 0 Å². The average Bonchev–Trinajstić information content (AvgIpc) is 3.01. The molecule has 0 amide bonds. The zero-order chi connectivity index (χ0) is 16.5. The Morgan fingerprint density at radius 2 is 2.13 bits per heavy atom. The topological polar surface area (TPSA) is 39.7 Å². The van der Waals surface area contributed by atoms with Gasteiger partial charge in [0.25, 0.3) is 0 Å². The van der Waals surface area contributed by atoms with Crippen LogP contribution in [0.1, 0.15) is 51.9 Å². The van der Waals surface area contributed by atoms with E-state index in [1.807, 2.05) is 18.8 Å². The van der Waals surface area contributed by atoms with Gasteiger partial charge >= 0.3 is 0 Å². The smallest absolute Gasteiger partial charge is 0.191 e. The summed E-state index contributed by atoms with van der Waals surface area (Å²) in [7, 11) is 1.88. The Balaban J connectivity index is 1.54. The zero-order valence-corrected chi connectivity index (χ0v) is 16.1. The van der Waals surface area contributed by atoms with Crippen molar-refractivity contribution >= 4 is 17.7 Å². The second-order valence-corrected chi connectivity index (χ2v) is 8.40. The molecule has 0 aromatic heterocycles. The first-order chi connectivity index (χ1) is 11.2. The van der Waals surface area contributed by atoms with Gasteiger partial charge < -0.3 is 15.5 Å². The molecule has 0 spiro atoms. The highest BCUT2D eigenvalue weighted by atomic mass is 32.2. The maximum atomic E-state index is 4.38. The lowest BCUT2D eigenvalue weighted by atomic mass is 10.0. The first kappa shape index (κ1) is 18.9. The third-order valence-electron chi connectivity index (χ3n) is 5.22. The van der Waals surface area contributed by atoms with Crippen LogP contribution < -0.4 is 10.6 Å². The standard InChI is InChI=1S/C18H36N4S/c1-15-7-6-12-22(14-15)11-5-4-10-20-18(19-2)21-16-8-9-17(13-16)23-3/h15-17H,4-14H2,1-3H3,(H2,19,20,21). The first-order valence-corrected chi connectivity index (χ1v) is 10.7. The summed E-state index contributed by atoms with van der Waals surface area (Å²) < 4.78 is 0. The van der Waals surface area contributed by atoms with Crippen LogP contribution in [0.5, 0.6) is 0 Å². The van der Waals surface area contributed by atoms with Gasteiger partial charge in [-0.25, -0.2) is 0 Å². The van der Waals surface area contributed by atoms with Crippen LogP contribution in [0, 0.1) is 5.92 Å². The van der Waals surface area contributed by atoms with Crippen molar-refractivity contribution in [3.05, 3.63) is 0 Å². The quantitative estimate of drug-likeness (QED) is 0.425. The number of hydrogen-bond acceptors (Lipinski definition) is 3. The minimum absolute atomic E-state index is 0.605. The summed E-state index contributed by atoms with van der Waals surface area (Å²) >= 11 is 2.00. The van der Waals surface area contributed by atoms with Gasteiger partial charge in [-0.3, -0.25) is 4.99 Å². The van der Waals surface area contributed by atoms with Crippen LogP contribution in [0.3, 0.4) is 0 Å². The third kappa shape index (κ3) is 6.92. The minimum atomic E-state index is 0.605. The summed E-state index contributed by atoms with van der Waals surface area (Å²) in [6.07, 6.45) is 11.4. The van der Waals surface area contributed by atoms with E-state index in [9.17, 15) is 0 Å². The van der Waals surface area contributed by atoms with Gasteiger partial charge in [-0.05, 0) is 70.2 Å². The van der Waals surface area contributed by atoms with Crippen molar-refractivity contribution < 1.29 is 0 Å². The molecule has 3 unspecified atom stereocenters. The highest BCUT2D eigenvalue weighted by Gasteiger charge is 2.24. The van der Waals surface area contributed by atoms with Gasteiger partial charge in [0.1, 0.15) is 0 Å². The Hall–Kier alpha value is -0.420. The summed E-state index contributed by atoms with van der Waals surface area (Å²) in [5.74, 6) is 1.88. The van der Waals surface area contributed by atoms with Crippen LogP contribution in [0.15, 0.2) is 4.99 Å². The maximum Gasteiger partial charge on any atom is 0.191 e. The Labute approximate surface area is 147 Å². The molecule has 4 nitrogen and oxygen atoms in total. The number of thioether (sulfide) groups is 1. The lowest BCUT2D eigenvalue weighted by Crippen LogP contribution is -2.43. The van der Waals surface area contributed by atoms with E-state index in [2.05, 4.69) is 33.7 Å². The predicted octanol–water partition coefficient (Wildman–Crippen LogP) is 2.95. The number of nitrogens with zero attached hydrogens (tertiary/aromatic N) is 2. The first-order valence-electron chi connectivity index (χ1n) is 9.43. The van der Waals surface area contributed by atoms with Crippen molar-refractivity contribution in [2.45, 2.75) is 63.2 Å². The Bertz CT molecular complexity index is 361. The molecule has 23 heavy (non-hydrogen) atoms. The Kier molecular flexibility index (Phi) is 8.59. The molecule has 2 aliphatic rings. The summed E-state index contributed by atoms with van der Waals surface area (Å²) in [5.41, 5.74) is 0. The van der Waals surface area contributed by atoms with Crippen molar-refractivity contribution in [2.24, 2.45) is 10.9 Å². The van der Waals surface area contributed by atoms with Crippen LogP contribution in [0.2, 0.25) is 0 Å². The molecule has 2 rings (SSSR count). The molecule has 2 N–H and O–H groups in total. The van der Waals surface area contributed by atoms with Crippen LogP contribution >= 0.6 is 11.8 Å². The minimum Gasteiger partial charge on any atom is -0.356 e. The zero-order valence-electron chi connectivity index (χ0n) is 15.3. The van der Waals surface area contributed by atoms with Gasteiger partial charge in [-0.15, -0.1) is 0 Å². The molecule has 1 saturated carbocycles. The number of hydrogen-bond donors (Lipinski definition) is 2. The molecule has 134 valence electrons. The van der Waals surface area contributed by atoms with Gasteiger partial charge in [0, 0.05) is 31.4 Å². The summed E-state index contributed by atoms with van der Waals surface area (Å²) in [5, 5.41) is 7.91. The molecular formula is C18H36N4S. The van der Waals surface area contributed by atoms with Crippen LogP contribution in [-0.4, -0.2) is 61.6 Å². The number of rotatable bonds is 7. The highest BCUT2D eigenvalue weighted by molar-refractivity contribution is 7.99. The molecule has 0 bridgehead atoms. The number of nitrogens with one attached hydrogen (secondary N) is 2. The van der Waals surface area contributed by atoms with Crippen molar-refractivity contribution in [1.29, 1.82) is 0 Å². The number of aliphatic imine (C=N–C) groups is 1. The highest BCUT2D eigenvalue weighted by Crippen LogP contribution is 2.27. The second-order valence-electron chi connectivity index (χ2n) is 7.27. The van der Waals surface area contributed by atoms with Crippen molar-refractivity contribution in [2.75, 3.05) is 39.5 Å². The van der Waals surface area contributed by atoms with E-state index in [1.165, 1.54) is 64.6 Å². The fourth-order valence-corrected chi connectivity index (χ4v) is 4.63. The van der Waals surface area contributed by atoms with E-state index >= 15 is 0 Å². The largest absolute Gasteiger partial charge is 0.356 e. The fourth-order valence-electron chi connectivity index (χ4n) is 3.83. The monoisotopic (exact) mass is 340 g/mol. The lowest BCUT2D eigenvalue weighted by Gasteiger charge is -2.30. The van der Waals surface area contributed by atoms with Crippen LogP contribution in [0.4, 0.5) is 0 Å². The molecule has 1 aliphatic heterocycles. The van der Waals surface area contributed by atoms with E-state index in [4.69, 9.17) is 0 Å². The second kappa shape index (κ2) is 10.4. The summed E-state index contributed by atoms with van der Waals surface area (Å²) in [6.45, 7) is 7.28. The molecule has 0 aromatic rings. The lowest BCUT2D eigenvalue weighted by molar-refractivity contribution is 0.181. The molecule has 3 atom stereocenters. The van der Waals surface area contributed by atoms with Crippen LogP contribution in [0.25, 0.3) is 0 Å². The molecule has 1 aliphatic carbocycles. The SMILES string of the molecule is CN=C(NCCCCN1CCCC(C)C1)NC1CCC(SC)C1. The number of likely N-dealkylation sites (tertiary alicyclic amines) is 1. The maximum absolute atomic E-state index is 4.38. The van der Waals surface area contributed by atoms with E-state index in [0.29, 0.717) is 6.04 Å². The van der Waals surface area contributed by atoms with Gasteiger partial charge in [0.15, 0.2) is 5.96 Å². The van der Waals surface area contributed by atoms with Gasteiger partial charge in [0.2, 0.25) is 0 Å². The number of unbranched alkanes of at least 4 members (excludes halogenated alkanes) is 1. The van der Waals surface area contributed by atoms with E-state index < -0.39 is 0 Å². The summed E-state index contributed by atoms with van der Waals surface area (Å²) in [4.78, 5) is 7.02. The summed E-state index contributed by atoms with van der Waals surface area (Å²) in [6, 6.07) is 0.605. The Morgan fingerprint density at radius 1 is 1.26 bits per heavy atom. The molecule has 0 radical (unpaired) electrons. The van der Waals surface area contributed by atoms with E-state index in [1.54, 1.807) is 0 Å². The van der Waals surface area contributed by atoms with Gasteiger partial charge in [-0.1, -0.05) is 6.92 Å². The van der Waals surface area contributed by atoms with E-state index in [0.717, 1.165) is 23.7 Å². The van der Waals surface area contributed by atoms with E-state index in [-0.39, 0.29) is 0 Å².